The molecule has 1 aliphatic rings. The lowest BCUT2D eigenvalue weighted by Crippen LogP contribution is -2.46. The van der Waals surface area contributed by atoms with E-state index in [0.29, 0.717) is 12.1 Å². The number of nitrogens with one attached hydrogen (secondary N) is 1. The molecule has 0 aromatic carbocycles. The molecule has 0 amide bonds. The number of piperidine rings is 1. The molecule has 1 saturated heterocycles. The second-order valence-corrected chi connectivity index (χ2v) is 6.27. The number of rotatable bonds is 6. The standard InChI is InChI=1S/C16H30N4/c1-5-15(6-2)20-10-7-14(18-20)11-17-16-8-9-19(4)12-13(16)3/h7,10,13,15-17H,5-6,8-9,11-12H2,1-4H3. The van der Waals surface area contributed by atoms with Crippen molar-refractivity contribution in [2.75, 3.05) is 20.1 Å². The van der Waals surface area contributed by atoms with Gasteiger partial charge in [0.1, 0.15) is 0 Å². The van der Waals surface area contributed by atoms with E-state index in [1.807, 2.05) is 0 Å². The van der Waals surface area contributed by atoms with Gasteiger partial charge in [0.2, 0.25) is 0 Å². The Morgan fingerprint density at radius 2 is 2.15 bits per heavy atom. The number of aromatic nitrogens is 2. The van der Waals surface area contributed by atoms with Crippen molar-refractivity contribution in [3.63, 3.8) is 0 Å². The monoisotopic (exact) mass is 278 g/mol. The molecule has 2 atom stereocenters. The summed E-state index contributed by atoms with van der Waals surface area (Å²) in [4.78, 5) is 2.42. The number of likely N-dealkylation sites (tertiary alicyclic amines) is 1. The molecular weight excluding hydrogens is 248 g/mol. The first-order chi connectivity index (χ1) is 9.63. The summed E-state index contributed by atoms with van der Waals surface area (Å²) in [6.45, 7) is 10.1. The minimum atomic E-state index is 0.547. The summed E-state index contributed by atoms with van der Waals surface area (Å²) in [6, 6.07) is 3.33. The molecule has 1 N–H and O–H groups in total. The quantitative estimate of drug-likeness (QED) is 0.868. The maximum absolute atomic E-state index is 4.72. The molecule has 4 heteroatoms. The molecule has 0 aliphatic carbocycles. The van der Waals surface area contributed by atoms with Crippen LogP contribution in [0.3, 0.4) is 0 Å². The summed E-state index contributed by atoms with van der Waals surface area (Å²) >= 11 is 0. The fraction of sp³-hybridized carbons (Fsp3) is 0.812. The molecule has 0 saturated carbocycles. The van der Waals surface area contributed by atoms with Gasteiger partial charge in [0.25, 0.3) is 0 Å². The lowest BCUT2D eigenvalue weighted by molar-refractivity contribution is 0.174. The Morgan fingerprint density at radius 3 is 2.80 bits per heavy atom. The van der Waals surface area contributed by atoms with Gasteiger partial charge in [0.05, 0.1) is 11.7 Å². The fourth-order valence-electron chi connectivity index (χ4n) is 3.23. The van der Waals surface area contributed by atoms with Crippen LogP contribution >= 0.6 is 0 Å². The first-order valence-electron chi connectivity index (χ1n) is 8.10. The minimum Gasteiger partial charge on any atom is -0.308 e. The van der Waals surface area contributed by atoms with Crippen LogP contribution in [0, 0.1) is 5.92 Å². The Hall–Kier alpha value is -0.870. The predicted molar refractivity (Wildman–Crippen MR) is 83.8 cm³/mol. The zero-order chi connectivity index (χ0) is 14.5. The van der Waals surface area contributed by atoms with Crippen molar-refractivity contribution in [3.05, 3.63) is 18.0 Å². The SMILES string of the molecule is CCC(CC)n1ccc(CNC2CCN(C)CC2C)n1. The lowest BCUT2D eigenvalue weighted by atomic mass is 9.94. The molecular formula is C16H30N4. The third-order valence-corrected chi connectivity index (χ3v) is 4.63. The summed E-state index contributed by atoms with van der Waals surface area (Å²) in [6.07, 6.45) is 5.67. The second-order valence-electron chi connectivity index (χ2n) is 6.27. The zero-order valence-corrected chi connectivity index (χ0v) is 13.5. The van der Waals surface area contributed by atoms with E-state index in [-0.39, 0.29) is 0 Å². The molecule has 1 aromatic rings. The Morgan fingerprint density at radius 1 is 1.40 bits per heavy atom. The van der Waals surface area contributed by atoms with Crippen molar-refractivity contribution in [2.24, 2.45) is 5.92 Å². The number of hydrogen-bond donors (Lipinski definition) is 1. The van der Waals surface area contributed by atoms with Crippen LogP contribution in [0.1, 0.15) is 51.8 Å². The van der Waals surface area contributed by atoms with E-state index >= 15 is 0 Å². The molecule has 114 valence electrons. The normalized spacial score (nSPS) is 24.4. The highest BCUT2D eigenvalue weighted by atomic mass is 15.3. The van der Waals surface area contributed by atoms with Gasteiger partial charge in [-0.2, -0.15) is 5.10 Å². The van der Waals surface area contributed by atoms with E-state index in [1.54, 1.807) is 0 Å². The van der Waals surface area contributed by atoms with Crippen molar-refractivity contribution in [2.45, 2.75) is 58.7 Å². The molecule has 1 aromatic heterocycles. The molecule has 0 spiro atoms. The molecule has 2 rings (SSSR count). The van der Waals surface area contributed by atoms with E-state index in [1.165, 1.54) is 25.2 Å². The Labute approximate surface area is 123 Å². The van der Waals surface area contributed by atoms with Gasteiger partial charge in [-0.1, -0.05) is 20.8 Å². The topological polar surface area (TPSA) is 33.1 Å². The highest BCUT2D eigenvalue weighted by Gasteiger charge is 2.23. The van der Waals surface area contributed by atoms with E-state index in [0.717, 1.165) is 25.3 Å². The van der Waals surface area contributed by atoms with Gasteiger partial charge in [-0.3, -0.25) is 4.68 Å². The highest BCUT2D eigenvalue weighted by molar-refractivity contribution is 5.00. The third kappa shape index (κ3) is 3.83. The van der Waals surface area contributed by atoms with Crippen LogP contribution in [0.2, 0.25) is 0 Å². The molecule has 0 bridgehead atoms. The first-order valence-corrected chi connectivity index (χ1v) is 8.10. The van der Waals surface area contributed by atoms with Crippen molar-refractivity contribution >= 4 is 0 Å². The Kier molecular flexibility index (Phi) is 5.61. The van der Waals surface area contributed by atoms with E-state index in [2.05, 4.69) is 55.0 Å². The molecule has 1 aliphatic heterocycles. The first kappa shape index (κ1) is 15.5. The van der Waals surface area contributed by atoms with Gasteiger partial charge >= 0.3 is 0 Å². The summed E-state index contributed by atoms with van der Waals surface area (Å²) in [5.41, 5.74) is 1.17. The van der Waals surface area contributed by atoms with Gasteiger partial charge in [0, 0.05) is 25.3 Å². The van der Waals surface area contributed by atoms with Crippen LogP contribution in [-0.2, 0) is 6.54 Å². The Bertz CT molecular complexity index is 397. The highest BCUT2D eigenvalue weighted by Crippen LogP contribution is 2.17. The van der Waals surface area contributed by atoms with Gasteiger partial charge in [0.15, 0.2) is 0 Å². The van der Waals surface area contributed by atoms with Gasteiger partial charge in [-0.05, 0) is 44.8 Å². The molecule has 4 nitrogen and oxygen atoms in total. The predicted octanol–water partition coefficient (Wildman–Crippen LogP) is 2.67. The summed E-state index contributed by atoms with van der Waals surface area (Å²) in [7, 11) is 2.21. The summed E-state index contributed by atoms with van der Waals surface area (Å²) < 4.78 is 2.13. The van der Waals surface area contributed by atoms with Gasteiger partial charge < -0.3 is 10.2 Å². The summed E-state index contributed by atoms with van der Waals surface area (Å²) in [5.74, 6) is 0.717. The average Bonchev–Trinajstić information content (AvgIpc) is 2.88. The van der Waals surface area contributed by atoms with Gasteiger partial charge in [-0.15, -0.1) is 0 Å². The van der Waals surface area contributed by atoms with E-state index in [9.17, 15) is 0 Å². The molecule has 2 unspecified atom stereocenters. The second kappa shape index (κ2) is 7.23. The maximum atomic E-state index is 4.72. The molecule has 2 heterocycles. The van der Waals surface area contributed by atoms with Crippen molar-refractivity contribution in [1.82, 2.24) is 20.0 Å². The van der Waals surface area contributed by atoms with E-state index in [4.69, 9.17) is 5.10 Å². The van der Waals surface area contributed by atoms with Crippen LogP contribution < -0.4 is 5.32 Å². The maximum Gasteiger partial charge on any atom is 0.0762 e. The molecule has 20 heavy (non-hydrogen) atoms. The average molecular weight is 278 g/mol. The van der Waals surface area contributed by atoms with Crippen LogP contribution in [0.25, 0.3) is 0 Å². The van der Waals surface area contributed by atoms with Crippen LogP contribution in [0.5, 0.6) is 0 Å². The lowest BCUT2D eigenvalue weighted by Gasteiger charge is -2.35. The van der Waals surface area contributed by atoms with Crippen LogP contribution in [0.15, 0.2) is 12.3 Å². The Balaban J connectivity index is 1.85. The number of hydrogen-bond acceptors (Lipinski definition) is 3. The minimum absolute atomic E-state index is 0.547. The molecule has 1 fully saturated rings. The van der Waals surface area contributed by atoms with Crippen molar-refractivity contribution < 1.29 is 0 Å². The zero-order valence-electron chi connectivity index (χ0n) is 13.5. The fourth-order valence-corrected chi connectivity index (χ4v) is 3.23. The largest absolute Gasteiger partial charge is 0.308 e. The van der Waals surface area contributed by atoms with Crippen LogP contribution in [0.4, 0.5) is 0 Å². The van der Waals surface area contributed by atoms with Crippen molar-refractivity contribution in [3.8, 4) is 0 Å². The van der Waals surface area contributed by atoms with Crippen molar-refractivity contribution in [1.29, 1.82) is 0 Å². The summed E-state index contributed by atoms with van der Waals surface area (Å²) in [5, 5.41) is 8.41. The smallest absolute Gasteiger partial charge is 0.0762 e. The molecule has 0 radical (unpaired) electrons. The van der Waals surface area contributed by atoms with E-state index < -0.39 is 0 Å². The van der Waals surface area contributed by atoms with Crippen LogP contribution in [-0.4, -0.2) is 40.9 Å². The van der Waals surface area contributed by atoms with Gasteiger partial charge in [-0.25, -0.2) is 0 Å². The third-order valence-electron chi connectivity index (χ3n) is 4.63. The number of nitrogens with zero attached hydrogens (tertiary/aromatic N) is 3.